The fourth-order valence-corrected chi connectivity index (χ4v) is 4.07. The lowest BCUT2D eigenvalue weighted by Crippen LogP contribution is -3.14. The molecule has 0 atom stereocenters. The van der Waals surface area contributed by atoms with E-state index in [0.717, 1.165) is 55.6 Å². The number of nitrogens with zero attached hydrogens (tertiary/aromatic N) is 3. The Balaban J connectivity index is 1.63. The number of para-hydroxylation sites is 1. The van der Waals surface area contributed by atoms with Crippen LogP contribution in [0.2, 0.25) is 0 Å². The Bertz CT molecular complexity index is 776. The number of nitrogens with one attached hydrogen (secondary N) is 1. The lowest BCUT2D eigenvalue weighted by Gasteiger charge is -2.32. The Morgan fingerprint density at radius 3 is 2.89 bits per heavy atom. The Kier molecular flexibility index (Phi) is 6.91. The smallest absolute Gasteiger partial charge is 0.286 e. The van der Waals surface area contributed by atoms with Gasteiger partial charge in [0, 0.05) is 5.56 Å². The van der Waals surface area contributed by atoms with Crippen LogP contribution in [0.1, 0.15) is 25.3 Å². The number of nitriles is 1. The molecule has 27 heavy (non-hydrogen) atoms. The SMILES string of the molecule is CCCOc1ccccc1/C=C1\SC(N2CC[NH+](CCC#N)CC2)=NC1=O. The molecular formula is C20H25N4O2S+. The van der Waals surface area contributed by atoms with Crippen LogP contribution in [0.15, 0.2) is 34.2 Å². The standard InChI is InChI=1S/C20H24N4O2S/c1-2-14-26-17-7-4-3-6-16(17)15-18-19(25)22-20(27-18)24-12-10-23(11-13-24)9-5-8-21/h3-4,6-7,15H,2,5,9-14H2,1H3/p+1/b18-15-. The lowest BCUT2D eigenvalue weighted by molar-refractivity contribution is -0.903. The quantitative estimate of drug-likeness (QED) is 0.753. The first-order chi connectivity index (χ1) is 13.2. The topological polar surface area (TPSA) is 70.1 Å². The van der Waals surface area contributed by atoms with E-state index in [1.165, 1.54) is 16.7 Å². The second kappa shape index (κ2) is 9.58. The Morgan fingerprint density at radius 2 is 2.15 bits per heavy atom. The number of ether oxygens (including phenoxy) is 1. The summed E-state index contributed by atoms with van der Waals surface area (Å²) in [5.74, 6) is 0.614. The number of rotatable bonds is 6. The molecule has 1 fully saturated rings. The average molecular weight is 386 g/mol. The van der Waals surface area contributed by atoms with Crippen LogP contribution in [0.4, 0.5) is 0 Å². The molecule has 1 aromatic carbocycles. The van der Waals surface area contributed by atoms with Crippen LogP contribution in [0.25, 0.3) is 6.08 Å². The third-order valence-corrected chi connectivity index (χ3v) is 5.65. The summed E-state index contributed by atoms with van der Waals surface area (Å²) < 4.78 is 5.78. The minimum Gasteiger partial charge on any atom is -0.493 e. The fourth-order valence-electron chi connectivity index (χ4n) is 3.11. The van der Waals surface area contributed by atoms with E-state index in [1.807, 2.05) is 30.3 Å². The summed E-state index contributed by atoms with van der Waals surface area (Å²) in [6.07, 6.45) is 3.41. The zero-order valence-corrected chi connectivity index (χ0v) is 16.4. The first kappa shape index (κ1) is 19.5. The summed E-state index contributed by atoms with van der Waals surface area (Å²) in [4.78, 5) is 20.9. The normalized spacial score (nSPS) is 19.3. The zero-order valence-electron chi connectivity index (χ0n) is 15.6. The van der Waals surface area contributed by atoms with Gasteiger partial charge in [-0.2, -0.15) is 10.3 Å². The van der Waals surface area contributed by atoms with Crippen LogP contribution in [-0.4, -0.2) is 55.3 Å². The minimum atomic E-state index is -0.181. The summed E-state index contributed by atoms with van der Waals surface area (Å²) in [6.45, 7) is 7.29. The number of quaternary nitrogens is 1. The lowest BCUT2D eigenvalue weighted by atomic mass is 10.2. The van der Waals surface area contributed by atoms with E-state index in [4.69, 9.17) is 10.00 Å². The van der Waals surface area contributed by atoms with Gasteiger partial charge in [-0.25, -0.2) is 0 Å². The maximum atomic E-state index is 12.4. The van der Waals surface area contributed by atoms with Crippen molar-refractivity contribution in [3.05, 3.63) is 34.7 Å². The number of hydrogen-bond acceptors (Lipinski definition) is 5. The van der Waals surface area contributed by atoms with Gasteiger partial charge >= 0.3 is 0 Å². The molecular weight excluding hydrogens is 360 g/mol. The molecule has 2 heterocycles. The third-order valence-electron chi connectivity index (χ3n) is 4.61. The van der Waals surface area contributed by atoms with E-state index in [0.29, 0.717) is 17.9 Å². The van der Waals surface area contributed by atoms with Gasteiger partial charge in [0.15, 0.2) is 5.17 Å². The number of hydrogen-bond donors (Lipinski definition) is 1. The highest BCUT2D eigenvalue weighted by atomic mass is 32.2. The Hall–Kier alpha value is -2.30. The summed E-state index contributed by atoms with van der Waals surface area (Å²) in [5.41, 5.74) is 0.906. The number of piperazine rings is 1. The van der Waals surface area contributed by atoms with E-state index in [-0.39, 0.29) is 5.91 Å². The molecule has 6 nitrogen and oxygen atoms in total. The molecule has 1 amide bonds. The number of carbonyl (C=O) groups is 1. The van der Waals surface area contributed by atoms with Crippen molar-refractivity contribution in [1.29, 1.82) is 5.26 Å². The van der Waals surface area contributed by atoms with Crippen molar-refractivity contribution in [1.82, 2.24) is 4.90 Å². The molecule has 0 unspecified atom stereocenters. The van der Waals surface area contributed by atoms with Gasteiger partial charge in [0.1, 0.15) is 5.75 Å². The maximum absolute atomic E-state index is 12.4. The van der Waals surface area contributed by atoms with Gasteiger partial charge in [-0.15, -0.1) is 0 Å². The van der Waals surface area contributed by atoms with Gasteiger partial charge in [0.25, 0.3) is 5.91 Å². The Labute approximate surface area is 164 Å². The summed E-state index contributed by atoms with van der Waals surface area (Å²) in [6, 6.07) is 9.98. The van der Waals surface area contributed by atoms with E-state index in [1.54, 1.807) is 0 Å². The van der Waals surface area contributed by atoms with E-state index < -0.39 is 0 Å². The van der Waals surface area contributed by atoms with Crippen LogP contribution < -0.4 is 9.64 Å². The predicted molar refractivity (Wildman–Crippen MR) is 108 cm³/mol. The van der Waals surface area contributed by atoms with Gasteiger partial charge in [0.05, 0.1) is 56.7 Å². The number of carbonyl (C=O) groups excluding carboxylic acids is 1. The van der Waals surface area contributed by atoms with Gasteiger partial charge in [-0.1, -0.05) is 25.1 Å². The summed E-state index contributed by atoms with van der Waals surface area (Å²) >= 11 is 1.44. The van der Waals surface area contributed by atoms with Crippen molar-refractivity contribution in [2.45, 2.75) is 19.8 Å². The van der Waals surface area contributed by atoms with Gasteiger partial charge < -0.3 is 14.5 Å². The highest BCUT2D eigenvalue weighted by Gasteiger charge is 2.29. The van der Waals surface area contributed by atoms with E-state index in [2.05, 4.69) is 22.9 Å². The van der Waals surface area contributed by atoms with Gasteiger partial charge in [0.2, 0.25) is 0 Å². The molecule has 0 bridgehead atoms. The number of amidine groups is 1. The van der Waals surface area contributed by atoms with Crippen molar-refractivity contribution in [3.8, 4) is 11.8 Å². The molecule has 2 aliphatic heterocycles. The number of thioether (sulfide) groups is 1. The van der Waals surface area contributed by atoms with Crippen molar-refractivity contribution >= 4 is 28.9 Å². The molecule has 1 saturated heterocycles. The van der Waals surface area contributed by atoms with E-state index in [9.17, 15) is 4.79 Å². The molecule has 1 aromatic rings. The molecule has 1 N–H and O–H groups in total. The van der Waals surface area contributed by atoms with Gasteiger partial charge in [-0.3, -0.25) is 4.79 Å². The first-order valence-electron chi connectivity index (χ1n) is 9.41. The molecule has 0 aromatic heterocycles. The van der Waals surface area contributed by atoms with Crippen molar-refractivity contribution in [2.75, 3.05) is 39.3 Å². The van der Waals surface area contributed by atoms with Crippen LogP contribution in [0.3, 0.4) is 0 Å². The molecule has 3 rings (SSSR count). The fraction of sp³-hybridized carbons (Fsp3) is 0.450. The molecule has 7 heteroatoms. The molecule has 2 aliphatic rings. The molecule has 0 radical (unpaired) electrons. The van der Waals surface area contributed by atoms with Crippen molar-refractivity contribution < 1.29 is 14.4 Å². The van der Waals surface area contributed by atoms with Crippen LogP contribution in [-0.2, 0) is 4.79 Å². The van der Waals surface area contributed by atoms with Crippen LogP contribution in [0, 0.1) is 11.3 Å². The molecule has 0 spiro atoms. The molecule has 0 aliphatic carbocycles. The minimum absolute atomic E-state index is 0.181. The average Bonchev–Trinajstić information content (AvgIpc) is 3.06. The van der Waals surface area contributed by atoms with Crippen LogP contribution >= 0.6 is 11.8 Å². The monoisotopic (exact) mass is 385 g/mol. The molecule has 142 valence electrons. The van der Waals surface area contributed by atoms with Crippen molar-refractivity contribution in [3.63, 3.8) is 0 Å². The number of aliphatic imine (C=N–C) groups is 1. The summed E-state index contributed by atoms with van der Waals surface area (Å²) in [7, 11) is 0. The number of benzene rings is 1. The maximum Gasteiger partial charge on any atom is 0.286 e. The third kappa shape index (κ3) is 5.12. The van der Waals surface area contributed by atoms with Crippen molar-refractivity contribution in [2.24, 2.45) is 4.99 Å². The Morgan fingerprint density at radius 1 is 1.37 bits per heavy atom. The van der Waals surface area contributed by atoms with E-state index >= 15 is 0 Å². The second-order valence-electron chi connectivity index (χ2n) is 6.59. The first-order valence-corrected chi connectivity index (χ1v) is 10.2. The predicted octanol–water partition coefficient (Wildman–Crippen LogP) is 1.56. The largest absolute Gasteiger partial charge is 0.493 e. The number of amides is 1. The highest BCUT2D eigenvalue weighted by Crippen LogP contribution is 2.32. The van der Waals surface area contributed by atoms with Crippen LogP contribution in [0.5, 0.6) is 5.75 Å². The zero-order chi connectivity index (χ0) is 19.1. The molecule has 0 saturated carbocycles. The summed E-state index contributed by atoms with van der Waals surface area (Å²) in [5, 5.41) is 9.51. The highest BCUT2D eigenvalue weighted by molar-refractivity contribution is 8.18. The second-order valence-corrected chi connectivity index (χ2v) is 7.60. The van der Waals surface area contributed by atoms with Gasteiger partial charge in [-0.05, 0) is 30.3 Å².